The summed E-state index contributed by atoms with van der Waals surface area (Å²) in [6, 6.07) is 10.2. The van der Waals surface area contributed by atoms with E-state index >= 15 is 0 Å². The lowest BCUT2D eigenvalue weighted by molar-refractivity contribution is 0.277. The first kappa shape index (κ1) is 27.3. The second-order valence-corrected chi connectivity index (χ2v) is 10.0. The Morgan fingerprint density at radius 3 is 2.40 bits per heavy atom. The molecule has 0 aliphatic heterocycles. The number of unbranched alkanes of at least 4 members (excludes halogenated alkanes) is 5. The molecule has 1 unspecified atom stereocenters. The Hall–Kier alpha value is -2.31. The molecule has 188 valence electrons. The third-order valence-corrected chi connectivity index (χ3v) is 7.14. The first-order valence-corrected chi connectivity index (χ1v) is 13.5. The van der Waals surface area contributed by atoms with Gasteiger partial charge in [0.1, 0.15) is 5.58 Å². The number of thiocarbonyl (C=S) groups is 1. The van der Waals surface area contributed by atoms with Crippen LogP contribution in [0.15, 0.2) is 40.9 Å². The molecule has 0 N–H and O–H groups in total. The lowest BCUT2D eigenvalue weighted by Crippen LogP contribution is -2.12. The van der Waals surface area contributed by atoms with Gasteiger partial charge in [-0.05, 0) is 74.7 Å². The van der Waals surface area contributed by atoms with Gasteiger partial charge in [0.05, 0.1) is 13.2 Å². The van der Waals surface area contributed by atoms with E-state index < -0.39 is 0 Å². The zero-order chi connectivity index (χ0) is 25.2. The van der Waals surface area contributed by atoms with Crippen molar-refractivity contribution in [3.8, 4) is 17.0 Å². The third kappa shape index (κ3) is 8.11. The van der Waals surface area contributed by atoms with Crippen molar-refractivity contribution < 1.29 is 13.9 Å². The summed E-state index contributed by atoms with van der Waals surface area (Å²) in [5.74, 6) is 0.944. The van der Waals surface area contributed by atoms with Crippen LogP contribution in [0.4, 0.5) is 0 Å². The molecule has 1 aromatic carbocycles. The molecule has 0 saturated carbocycles. The molecule has 4 nitrogen and oxygen atoms in total. The highest BCUT2D eigenvalue weighted by Gasteiger charge is 2.10. The number of hydrogen-bond donors (Lipinski definition) is 0. The van der Waals surface area contributed by atoms with Crippen molar-refractivity contribution in [3.63, 3.8) is 0 Å². The Balaban J connectivity index is 1.40. The second kappa shape index (κ2) is 13.7. The highest BCUT2D eigenvalue weighted by Crippen LogP contribution is 2.30. The summed E-state index contributed by atoms with van der Waals surface area (Å²) in [6.45, 7) is 9.82. The van der Waals surface area contributed by atoms with Crippen LogP contribution in [0.3, 0.4) is 0 Å². The minimum Gasteiger partial charge on any atom is -0.487 e. The lowest BCUT2D eigenvalue weighted by atomic mass is 10.00. The van der Waals surface area contributed by atoms with E-state index in [9.17, 15) is 0 Å². The number of hydrogen-bond acceptors (Lipinski definition) is 6. The molecule has 0 saturated heterocycles. The van der Waals surface area contributed by atoms with Gasteiger partial charge in [-0.2, -0.15) is 0 Å². The molecule has 0 aliphatic rings. The van der Waals surface area contributed by atoms with E-state index in [4.69, 9.17) is 38.3 Å². The Bertz CT molecular complexity index is 1190. The van der Waals surface area contributed by atoms with Crippen LogP contribution in [0.25, 0.3) is 22.1 Å². The highest BCUT2D eigenvalue weighted by atomic mass is 32.1. The lowest BCUT2D eigenvalue weighted by Gasteiger charge is -2.12. The SMILES string of the molecule is CCC(C)C(=S)OCCCCCCCCOc1cc2oc(=S)c(-c3ccc(C)cc3C)cc2cn1. The Kier molecular flexibility index (Phi) is 10.7. The van der Waals surface area contributed by atoms with Crippen LogP contribution in [-0.4, -0.2) is 23.2 Å². The Morgan fingerprint density at radius 1 is 0.971 bits per heavy atom. The van der Waals surface area contributed by atoms with E-state index in [2.05, 4.69) is 56.9 Å². The molecule has 0 aliphatic carbocycles. The number of ether oxygens (including phenoxy) is 2. The van der Waals surface area contributed by atoms with Crippen molar-refractivity contribution in [1.29, 1.82) is 0 Å². The zero-order valence-corrected chi connectivity index (χ0v) is 23.0. The molecule has 35 heavy (non-hydrogen) atoms. The predicted molar refractivity (Wildman–Crippen MR) is 151 cm³/mol. The van der Waals surface area contributed by atoms with Crippen molar-refractivity contribution in [2.75, 3.05) is 13.2 Å². The maximum absolute atomic E-state index is 5.98. The number of benzene rings is 1. The van der Waals surface area contributed by atoms with E-state index in [0.717, 1.165) is 53.9 Å². The maximum atomic E-state index is 5.98. The van der Waals surface area contributed by atoms with Gasteiger partial charge >= 0.3 is 0 Å². The summed E-state index contributed by atoms with van der Waals surface area (Å²) in [5.41, 5.74) is 5.12. The van der Waals surface area contributed by atoms with Crippen LogP contribution in [-0.2, 0) is 4.74 Å². The molecular formula is C29H37NO3S2. The third-order valence-electron chi connectivity index (χ3n) is 6.31. The summed E-state index contributed by atoms with van der Waals surface area (Å²) in [4.78, 5) is 4.47. The van der Waals surface area contributed by atoms with Crippen LogP contribution < -0.4 is 4.74 Å². The number of fused-ring (bicyclic) bond motifs is 1. The van der Waals surface area contributed by atoms with Gasteiger partial charge in [-0.25, -0.2) is 4.98 Å². The quantitative estimate of drug-likeness (QED) is 0.169. The van der Waals surface area contributed by atoms with Gasteiger partial charge in [-0.3, -0.25) is 0 Å². The fourth-order valence-electron chi connectivity index (χ4n) is 3.95. The topological polar surface area (TPSA) is 44.5 Å². The van der Waals surface area contributed by atoms with E-state index in [0.29, 0.717) is 28.7 Å². The maximum Gasteiger partial charge on any atom is 0.216 e. The fourth-order valence-corrected chi connectivity index (χ4v) is 4.46. The van der Waals surface area contributed by atoms with Gasteiger partial charge in [0.15, 0.2) is 9.76 Å². The minimum atomic E-state index is 0.370. The zero-order valence-electron chi connectivity index (χ0n) is 21.4. The van der Waals surface area contributed by atoms with Crippen LogP contribution in [0.1, 0.15) is 69.9 Å². The molecule has 1 atom stereocenters. The summed E-state index contributed by atoms with van der Waals surface area (Å²) < 4.78 is 18.0. The summed E-state index contributed by atoms with van der Waals surface area (Å²) in [6.07, 6.45) is 9.61. The van der Waals surface area contributed by atoms with E-state index in [1.165, 1.54) is 30.4 Å². The molecule has 0 amide bonds. The molecular weight excluding hydrogens is 474 g/mol. The average Bonchev–Trinajstić information content (AvgIpc) is 2.84. The standard InChI is InChI=1S/C29H37NO3S2/c1-5-21(3)28(34)32-15-11-9-7-6-8-10-14-31-27-18-26-23(19-30-27)17-25(29(35)33-26)24-13-12-20(2)16-22(24)4/h12-13,16-19,21H,5-11,14-15H2,1-4H3. The summed E-state index contributed by atoms with van der Waals surface area (Å²) in [7, 11) is 0. The van der Waals surface area contributed by atoms with E-state index in [1.54, 1.807) is 6.20 Å². The molecule has 3 rings (SSSR count). The van der Waals surface area contributed by atoms with Crippen molar-refractivity contribution in [3.05, 3.63) is 52.4 Å². The molecule has 2 heterocycles. The van der Waals surface area contributed by atoms with Gasteiger partial charge in [-0.15, -0.1) is 0 Å². The Labute approximate surface area is 220 Å². The number of aryl methyl sites for hydroxylation is 2. The molecule has 6 heteroatoms. The van der Waals surface area contributed by atoms with Gasteiger partial charge in [-0.1, -0.05) is 63.3 Å². The molecule has 3 aromatic rings. The first-order valence-electron chi connectivity index (χ1n) is 12.7. The van der Waals surface area contributed by atoms with Gasteiger partial charge in [0, 0.05) is 29.1 Å². The molecule has 0 bridgehead atoms. The second-order valence-electron chi connectivity index (χ2n) is 9.27. The summed E-state index contributed by atoms with van der Waals surface area (Å²) >= 11 is 10.8. The normalized spacial score (nSPS) is 12.0. The van der Waals surface area contributed by atoms with Gasteiger partial charge in [0.25, 0.3) is 0 Å². The molecule has 0 spiro atoms. The Morgan fingerprint density at radius 2 is 1.69 bits per heavy atom. The smallest absolute Gasteiger partial charge is 0.216 e. The van der Waals surface area contributed by atoms with Crippen LogP contribution >= 0.6 is 24.4 Å². The van der Waals surface area contributed by atoms with Crippen molar-refractivity contribution in [2.45, 2.75) is 72.6 Å². The monoisotopic (exact) mass is 511 g/mol. The largest absolute Gasteiger partial charge is 0.487 e. The number of pyridine rings is 1. The van der Waals surface area contributed by atoms with Gasteiger partial charge in [0.2, 0.25) is 5.88 Å². The van der Waals surface area contributed by atoms with Crippen LogP contribution in [0, 0.1) is 24.5 Å². The molecule has 0 fully saturated rings. The first-order chi connectivity index (χ1) is 16.9. The van der Waals surface area contributed by atoms with Gasteiger partial charge < -0.3 is 13.9 Å². The van der Waals surface area contributed by atoms with Crippen molar-refractivity contribution in [2.24, 2.45) is 5.92 Å². The molecule has 0 radical (unpaired) electrons. The van der Waals surface area contributed by atoms with Crippen LogP contribution in [0.2, 0.25) is 0 Å². The average molecular weight is 512 g/mol. The number of aromatic nitrogens is 1. The van der Waals surface area contributed by atoms with E-state index in [-0.39, 0.29) is 0 Å². The number of rotatable bonds is 13. The number of nitrogens with zero attached hydrogens (tertiary/aromatic N) is 1. The molecule has 2 aromatic heterocycles. The highest BCUT2D eigenvalue weighted by molar-refractivity contribution is 7.80. The van der Waals surface area contributed by atoms with Crippen molar-refractivity contribution in [1.82, 2.24) is 4.98 Å². The minimum absolute atomic E-state index is 0.370. The summed E-state index contributed by atoms with van der Waals surface area (Å²) in [5, 5.41) is 1.67. The van der Waals surface area contributed by atoms with E-state index in [1.807, 2.05) is 6.07 Å². The predicted octanol–water partition coefficient (Wildman–Crippen LogP) is 8.95. The van der Waals surface area contributed by atoms with Crippen molar-refractivity contribution >= 4 is 40.5 Å². The van der Waals surface area contributed by atoms with Crippen LogP contribution in [0.5, 0.6) is 5.88 Å². The fraction of sp³-hybridized carbons (Fsp3) is 0.483.